The van der Waals surface area contributed by atoms with E-state index in [0.717, 1.165) is 11.8 Å². The van der Waals surface area contributed by atoms with Crippen LogP contribution in [0.2, 0.25) is 0 Å². The zero-order valence-corrected chi connectivity index (χ0v) is 11.8. The van der Waals surface area contributed by atoms with Gasteiger partial charge >= 0.3 is 6.36 Å². The highest BCUT2D eigenvalue weighted by Gasteiger charge is 2.32. The van der Waals surface area contributed by atoms with E-state index in [2.05, 4.69) is 20.7 Å². The molecule has 0 aliphatic carbocycles. The molecule has 100 valence electrons. The van der Waals surface area contributed by atoms with Crippen LogP contribution in [-0.2, 0) is 0 Å². The maximum atomic E-state index is 12.2. The van der Waals surface area contributed by atoms with Crippen molar-refractivity contribution < 1.29 is 22.7 Å². The van der Waals surface area contributed by atoms with Crippen molar-refractivity contribution >= 4 is 33.5 Å². The Morgan fingerprint density at radius 3 is 2.61 bits per heavy atom. The molecule has 0 saturated carbocycles. The summed E-state index contributed by atoms with van der Waals surface area (Å²) >= 11 is 4.18. The first-order valence-electron chi connectivity index (χ1n) is 4.91. The number of hydrogen-bond acceptors (Lipinski definition) is 3. The molecule has 1 rings (SSSR count). The first kappa shape index (κ1) is 15.4. The number of rotatable bonds is 5. The smallest absolute Gasteiger partial charge is 0.405 e. The van der Waals surface area contributed by atoms with Crippen LogP contribution in [0.3, 0.4) is 0 Å². The highest BCUT2D eigenvalue weighted by Crippen LogP contribution is 2.35. The Morgan fingerprint density at radius 2 is 2.11 bits per heavy atom. The summed E-state index contributed by atoms with van der Waals surface area (Å²) in [5, 5.41) is 0.462. The van der Waals surface area contributed by atoms with E-state index >= 15 is 0 Å². The van der Waals surface area contributed by atoms with Gasteiger partial charge in [0.05, 0.1) is 4.90 Å². The van der Waals surface area contributed by atoms with Gasteiger partial charge in [0.25, 0.3) is 0 Å². The van der Waals surface area contributed by atoms with Crippen molar-refractivity contribution in [2.24, 2.45) is 0 Å². The van der Waals surface area contributed by atoms with E-state index in [4.69, 9.17) is 0 Å². The van der Waals surface area contributed by atoms with Crippen LogP contribution in [-0.4, -0.2) is 23.7 Å². The number of ketones is 1. The molecular weight excluding hydrogens is 333 g/mol. The quantitative estimate of drug-likeness (QED) is 0.454. The molecule has 0 unspecified atom stereocenters. The largest absolute Gasteiger partial charge is 0.573 e. The number of alkyl halides is 4. The van der Waals surface area contributed by atoms with Gasteiger partial charge in [-0.3, -0.25) is 4.79 Å². The fraction of sp³-hybridized carbons (Fsp3) is 0.364. The van der Waals surface area contributed by atoms with E-state index in [-0.39, 0.29) is 28.4 Å². The molecule has 2 nitrogen and oxygen atoms in total. The molecule has 0 amide bonds. The monoisotopic (exact) mass is 342 g/mol. The minimum absolute atomic E-state index is 0.209. The normalized spacial score (nSPS) is 11.4. The molecule has 0 aliphatic rings. The van der Waals surface area contributed by atoms with Gasteiger partial charge in [-0.05, 0) is 12.3 Å². The first-order valence-corrected chi connectivity index (χ1v) is 7.25. The predicted molar refractivity (Wildman–Crippen MR) is 67.6 cm³/mol. The number of Topliss-reactive ketones (excluding diaryl/α,β-unsaturated/α-hetero) is 1. The third kappa shape index (κ3) is 4.20. The molecule has 0 N–H and O–H groups in total. The molecule has 0 fully saturated rings. The molecule has 18 heavy (non-hydrogen) atoms. The Bertz CT molecular complexity index is 435. The van der Waals surface area contributed by atoms with Crippen molar-refractivity contribution in [3.63, 3.8) is 0 Å². The Kier molecular flexibility index (Phi) is 5.52. The van der Waals surface area contributed by atoms with E-state index in [1.165, 1.54) is 18.2 Å². The number of thioether (sulfide) groups is 1. The fourth-order valence-corrected chi connectivity index (χ4v) is 2.44. The van der Waals surface area contributed by atoms with Crippen LogP contribution in [0.1, 0.15) is 16.8 Å². The number of carbonyl (C=O) groups excluding carboxylic acids is 1. The van der Waals surface area contributed by atoms with Gasteiger partial charge in [-0.1, -0.05) is 28.1 Å². The lowest BCUT2D eigenvalue weighted by atomic mass is 10.1. The van der Waals surface area contributed by atoms with Crippen molar-refractivity contribution in [2.45, 2.75) is 17.7 Å². The molecule has 0 heterocycles. The zero-order chi connectivity index (χ0) is 13.8. The Balaban J connectivity index is 3.14. The van der Waals surface area contributed by atoms with Crippen LogP contribution in [0.25, 0.3) is 0 Å². The van der Waals surface area contributed by atoms with Crippen LogP contribution in [0.4, 0.5) is 13.2 Å². The van der Waals surface area contributed by atoms with E-state index < -0.39 is 6.36 Å². The molecule has 0 atom stereocenters. The molecule has 0 bridgehead atoms. The summed E-state index contributed by atoms with van der Waals surface area (Å²) in [5.41, 5.74) is 0.253. The van der Waals surface area contributed by atoms with Crippen molar-refractivity contribution in [1.29, 1.82) is 0 Å². The Labute approximate surface area is 115 Å². The van der Waals surface area contributed by atoms with Gasteiger partial charge in [-0.15, -0.1) is 24.9 Å². The summed E-state index contributed by atoms with van der Waals surface area (Å²) in [5.74, 6) is -0.556. The van der Waals surface area contributed by atoms with Crippen molar-refractivity contribution in [3.05, 3.63) is 23.8 Å². The lowest BCUT2D eigenvalue weighted by Crippen LogP contribution is -2.18. The predicted octanol–water partition coefficient (Wildman–Crippen LogP) is 4.27. The molecule has 1 aromatic rings. The zero-order valence-electron chi connectivity index (χ0n) is 9.38. The van der Waals surface area contributed by atoms with Gasteiger partial charge in [0.1, 0.15) is 5.75 Å². The summed E-state index contributed by atoms with van der Waals surface area (Å²) < 4.78 is 40.6. The Morgan fingerprint density at radius 1 is 1.44 bits per heavy atom. The number of halogens is 4. The first-order chi connectivity index (χ1) is 8.39. The van der Waals surface area contributed by atoms with Gasteiger partial charge in [0, 0.05) is 17.3 Å². The van der Waals surface area contributed by atoms with Crippen LogP contribution >= 0.6 is 27.7 Å². The lowest BCUT2D eigenvalue weighted by Gasteiger charge is -2.14. The molecular formula is C11H10BrF3O2S. The molecule has 0 aliphatic heterocycles. The highest BCUT2D eigenvalue weighted by molar-refractivity contribution is 9.09. The van der Waals surface area contributed by atoms with Crippen LogP contribution in [0.5, 0.6) is 5.75 Å². The van der Waals surface area contributed by atoms with Gasteiger partial charge in [0.2, 0.25) is 0 Å². The van der Waals surface area contributed by atoms with Gasteiger partial charge in [-0.2, -0.15) is 0 Å². The summed E-state index contributed by atoms with van der Waals surface area (Å²) in [7, 11) is 0. The number of benzene rings is 1. The van der Waals surface area contributed by atoms with Crippen LogP contribution < -0.4 is 4.74 Å². The SMILES string of the molecule is CSc1c(OC(F)(F)F)cccc1C(=O)CCBr. The summed E-state index contributed by atoms with van der Waals surface area (Å²) in [6.07, 6.45) is -2.94. The second-order valence-corrected chi connectivity index (χ2v) is 4.86. The van der Waals surface area contributed by atoms with Gasteiger partial charge in [0.15, 0.2) is 5.78 Å². The molecule has 0 radical (unpaired) electrons. The minimum Gasteiger partial charge on any atom is -0.405 e. The van der Waals surface area contributed by atoms with E-state index in [9.17, 15) is 18.0 Å². The van der Waals surface area contributed by atoms with Crippen molar-refractivity contribution in [2.75, 3.05) is 11.6 Å². The van der Waals surface area contributed by atoms with Crippen LogP contribution in [0.15, 0.2) is 23.1 Å². The molecule has 0 aromatic heterocycles. The van der Waals surface area contributed by atoms with E-state index in [1.807, 2.05) is 0 Å². The third-order valence-electron chi connectivity index (χ3n) is 2.03. The highest BCUT2D eigenvalue weighted by atomic mass is 79.9. The second-order valence-electron chi connectivity index (χ2n) is 3.25. The van der Waals surface area contributed by atoms with Crippen molar-refractivity contribution in [1.82, 2.24) is 0 Å². The standard InChI is InChI=1S/C11H10BrF3O2S/c1-18-10-7(8(16)5-6-12)3-2-4-9(10)17-11(13,14)15/h2-4H,5-6H2,1H3. The molecule has 1 aromatic carbocycles. The fourth-order valence-electron chi connectivity index (χ4n) is 1.37. The number of ether oxygens (including phenoxy) is 1. The number of carbonyl (C=O) groups is 1. The molecule has 7 heteroatoms. The molecule has 0 saturated heterocycles. The van der Waals surface area contributed by atoms with E-state index in [1.54, 1.807) is 6.26 Å². The summed E-state index contributed by atoms with van der Waals surface area (Å²) in [4.78, 5) is 12.0. The Hall–Kier alpha value is -0.690. The number of hydrogen-bond donors (Lipinski definition) is 0. The average Bonchev–Trinajstić information content (AvgIpc) is 2.27. The van der Waals surface area contributed by atoms with Gasteiger partial charge < -0.3 is 4.74 Å². The van der Waals surface area contributed by atoms with Crippen molar-refractivity contribution in [3.8, 4) is 5.75 Å². The maximum absolute atomic E-state index is 12.2. The topological polar surface area (TPSA) is 26.3 Å². The average molecular weight is 343 g/mol. The van der Waals surface area contributed by atoms with Crippen LogP contribution in [0, 0.1) is 0 Å². The lowest BCUT2D eigenvalue weighted by molar-refractivity contribution is -0.275. The molecule has 0 spiro atoms. The summed E-state index contributed by atoms with van der Waals surface area (Å²) in [6, 6.07) is 4.08. The minimum atomic E-state index is -4.76. The van der Waals surface area contributed by atoms with E-state index in [0.29, 0.717) is 5.33 Å². The maximum Gasteiger partial charge on any atom is 0.573 e. The van der Waals surface area contributed by atoms with Gasteiger partial charge in [-0.25, -0.2) is 0 Å². The third-order valence-corrected chi connectivity index (χ3v) is 3.26. The second kappa shape index (κ2) is 6.47. The summed E-state index contributed by atoms with van der Waals surface area (Å²) in [6.45, 7) is 0.